The van der Waals surface area contributed by atoms with Crippen LogP contribution in [0.25, 0.3) is 0 Å². The summed E-state index contributed by atoms with van der Waals surface area (Å²) in [5.74, 6) is 2.54. The minimum atomic E-state index is 1.69. The third kappa shape index (κ3) is 28.5. The standard InChI is InChI=1S/C3H4S.CH4S/c1-2-3-4;1-2/h4H,1H3;2H,1H3. The van der Waals surface area contributed by atoms with Gasteiger partial charge in [0.25, 0.3) is 0 Å². The maximum atomic E-state index is 3.56. The summed E-state index contributed by atoms with van der Waals surface area (Å²) in [7, 11) is 0. The minimum Gasteiger partial charge on any atom is -0.183 e. The Hall–Kier alpha value is 0.260. The molecule has 0 spiro atoms. The molecular formula is C4H8S2. The van der Waals surface area contributed by atoms with Gasteiger partial charge in [-0.2, -0.15) is 12.6 Å². The van der Waals surface area contributed by atoms with Crippen molar-refractivity contribution in [1.29, 1.82) is 0 Å². The van der Waals surface area contributed by atoms with E-state index in [0.717, 1.165) is 0 Å². The van der Waals surface area contributed by atoms with Crippen molar-refractivity contribution in [3.8, 4) is 11.2 Å². The fourth-order valence-corrected chi connectivity index (χ4v) is 0. The van der Waals surface area contributed by atoms with Gasteiger partial charge in [-0.05, 0) is 18.4 Å². The summed E-state index contributed by atoms with van der Waals surface area (Å²) in [4.78, 5) is 0. The van der Waals surface area contributed by atoms with E-state index < -0.39 is 0 Å². The van der Waals surface area contributed by atoms with Gasteiger partial charge in [0.15, 0.2) is 0 Å². The number of hydrogen-bond acceptors (Lipinski definition) is 2. The lowest BCUT2D eigenvalue weighted by Crippen LogP contribution is -1.22. The first kappa shape index (κ1) is 9.54. The fourth-order valence-electron chi connectivity index (χ4n) is 0. The highest BCUT2D eigenvalue weighted by molar-refractivity contribution is 7.85. The van der Waals surface area contributed by atoms with E-state index in [-0.39, 0.29) is 0 Å². The maximum Gasteiger partial charge on any atom is -0.00181 e. The zero-order chi connectivity index (χ0) is 5.41. The van der Waals surface area contributed by atoms with Crippen molar-refractivity contribution in [2.24, 2.45) is 0 Å². The first-order valence-corrected chi connectivity index (χ1v) is 2.76. The van der Waals surface area contributed by atoms with Crippen LogP contribution in [-0.4, -0.2) is 6.26 Å². The van der Waals surface area contributed by atoms with E-state index in [1.165, 1.54) is 0 Å². The molecule has 0 aliphatic rings. The van der Waals surface area contributed by atoms with Crippen molar-refractivity contribution >= 4 is 25.3 Å². The number of rotatable bonds is 0. The third-order valence-corrected chi connectivity index (χ3v) is 0.335. The molecule has 0 amide bonds. The monoisotopic (exact) mass is 120 g/mol. The molecule has 6 heavy (non-hydrogen) atoms. The largest absolute Gasteiger partial charge is 0.183 e. The molecule has 0 radical (unpaired) electrons. The maximum absolute atomic E-state index is 3.56. The Morgan fingerprint density at radius 3 is 1.50 bits per heavy atom. The molecule has 0 aromatic heterocycles. The van der Waals surface area contributed by atoms with E-state index >= 15 is 0 Å². The van der Waals surface area contributed by atoms with Crippen molar-refractivity contribution in [1.82, 2.24) is 0 Å². The van der Waals surface area contributed by atoms with Gasteiger partial charge in [-0.1, -0.05) is 18.5 Å². The summed E-state index contributed by atoms with van der Waals surface area (Å²) in [6, 6.07) is 0. The average molecular weight is 120 g/mol. The predicted molar refractivity (Wildman–Crippen MR) is 37.3 cm³/mol. The number of hydrogen-bond donors (Lipinski definition) is 2. The Morgan fingerprint density at radius 1 is 1.33 bits per heavy atom. The van der Waals surface area contributed by atoms with Crippen molar-refractivity contribution in [3.63, 3.8) is 0 Å². The fraction of sp³-hybridized carbons (Fsp3) is 0.500. The summed E-state index contributed by atoms with van der Waals surface area (Å²) >= 11 is 7.09. The smallest absolute Gasteiger partial charge is 0.00181 e. The normalized spacial score (nSPS) is 3.33. The van der Waals surface area contributed by atoms with E-state index in [9.17, 15) is 0 Å². The molecule has 0 saturated carbocycles. The van der Waals surface area contributed by atoms with Crippen LogP contribution in [0, 0.1) is 11.2 Å². The highest BCUT2D eigenvalue weighted by atomic mass is 32.1. The molecule has 0 heterocycles. The van der Waals surface area contributed by atoms with Gasteiger partial charge >= 0.3 is 0 Å². The quantitative estimate of drug-likeness (QED) is 0.351. The molecule has 36 valence electrons. The molecule has 0 aliphatic carbocycles. The topological polar surface area (TPSA) is 0 Å². The molecular weight excluding hydrogens is 112 g/mol. The zero-order valence-corrected chi connectivity index (χ0v) is 5.68. The van der Waals surface area contributed by atoms with E-state index in [2.05, 4.69) is 36.4 Å². The van der Waals surface area contributed by atoms with Gasteiger partial charge in [-0.25, -0.2) is 0 Å². The summed E-state index contributed by atoms with van der Waals surface area (Å²) in [6.45, 7) is 1.74. The van der Waals surface area contributed by atoms with Crippen molar-refractivity contribution < 1.29 is 0 Å². The van der Waals surface area contributed by atoms with E-state index in [1.807, 2.05) is 0 Å². The molecule has 0 nitrogen and oxygen atoms in total. The second kappa shape index (κ2) is 18.7. The lowest BCUT2D eigenvalue weighted by molar-refractivity contribution is 1.94. The SMILES string of the molecule is CC#CS.CS. The molecule has 0 unspecified atom stereocenters. The summed E-state index contributed by atoms with van der Waals surface area (Å²) in [6.07, 6.45) is 1.69. The van der Waals surface area contributed by atoms with Crippen LogP contribution in [0.4, 0.5) is 0 Å². The first-order valence-electron chi connectivity index (χ1n) is 1.42. The second-order valence-corrected chi connectivity index (χ2v) is 0.585. The highest BCUT2D eigenvalue weighted by Crippen LogP contribution is 1.54. The Labute approximate surface area is 50.1 Å². The Kier molecular flexibility index (Phi) is 29.7. The molecule has 0 rings (SSSR count). The molecule has 2 heteroatoms. The zero-order valence-electron chi connectivity index (χ0n) is 3.89. The first-order chi connectivity index (χ1) is 2.91. The lowest BCUT2D eigenvalue weighted by Gasteiger charge is -1.39. The molecule has 0 fully saturated rings. The summed E-state index contributed by atoms with van der Waals surface area (Å²) in [5.41, 5.74) is 0. The minimum absolute atomic E-state index is 1.69. The van der Waals surface area contributed by atoms with Gasteiger partial charge in [0.2, 0.25) is 0 Å². The van der Waals surface area contributed by atoms with Crippen molar-refractivity contribution in [2.45, 2.75) is 6.92 Å². The van der Waals surface area contributed by atoms with Gasteiger partial charge in [0, 0.05) is 0 Å². The Balaban J connectivity index is 0. The summed E-state index contributed by atoms with van der Waals surface area (Å²) in [5, 5.41) is 2.38. The van der Waals surface area contributed by atoms with E-state index in [1.54, 1.807) is 13.2 Å². The van der Waals surface area contributed by atoms with Crippen LogP contribution in [0.2, 0.25) is 0 Å². The number of thiol groups is 2. The van der Waals surface area contributed by atoms with E-state index in [4.69, 9.17) is 0 Å². The van der Waals surface area contributed by atoms with E-state index in [0.29, 0.717) is 0 Å². The molecule has 0 saturated heterocycles. The Bertz CT molecular complexity index is 42.3. The van der Waals surface area contributed by atoms with Crippen molar-refractivity contribution in [2.75, 3.05) is 6.26 Å². The van der Waals surface area contributed by atoms with Crippen LogP contribution in [0.1, 0.15) is 6.92 Å². The van der Waals surface area contributed by atoms with Crippen LogP contribution in [0.3, 0.4) is 0 Å². The predicted octanol–water partition coefficient (Wildman–Crippen LogP) is 1.44. The average Bonchev–Trinajstić information content (AvgIpc) is 1.72. The molecule has 0 aromatic rings. The van der Waals surface area contributed by atoms with Crippen LogP contribution >= 0.6 is 25.3 Å². The highest BCUT2D eigenvalue weighted by Gasteiger charge is 1.27. The van der Waals surface area contributed by atoms with Crippen LogP contribution in [-0.2, 0) is 0 Å². The van der Waals surface area contributed by atoms with Crippen LogP contribution in [0.15, 0.2) is 0 Å². The Morgan fingerprint density at radius 2 is 1.50 bits per heavy atom. The van der Waals surface area contributed by atoms with Gasteiger partial charge in [0.05, 0.1) is 0 Å². The van der Waals surface area contributed by atoms with Crippen LogP contribution in [0.5, 0.6) is 0 Å². The van der Waals surface area contributed by atoms with Gasteiger partial charge < -0.3 is 0 Å². The summed E-state index contributed by atoms with van der Waals surface area (Å²) < 4.78 is 0. The molecule has 0 aromatic carbocycles. The van der Waals surface area contributed by atoms with Gasteiger partial charge in [0.1, 0.15) is 0 Å². The lowest BCUT2D eigenvalue weighted by atomic mass is 10.9. The molecule has 0 bridgehead atoms. The van der Waals surface area contributed by atoms with Crippen LogP contribution < -0.4 is 0 Å². The van der Waals surface area contributed by atoms with Crippen molar-refractivity contribution in [3.05, 3.63) is 0 Å². The molecule has 0 aliphatic heterocycles. The van der Waals surface area contributed by atoms with Gasteiger partial charge in [-0.3, -0.25) is 0 Å². The molecule has 0 atom stereocenters. The second-order valence-electron chi connectivity index (χ2n) is 0.362. The third-order valence-electron chi connectivity index (χ3n) is 0.112. The van der Waals surface area contributed by atoms with Gasteiger partial charge in [-0.15, -0.1) is 0 Å². The molecule has 0 N–H and O–H groups in total.